The van der Waals surface area contributed by atoms with Crippen LogP contribution < -0.4 is 5.32 Å². The van der Waals surface area contributed by atoms with Gasteiger partial charge in [0.05, 0.1) is 24.1 Å². The average Bonchev–Trinajstić information content (AvgIpc) is 3.12. The van der Waals surface area contributed by atoms with Crippen LogP contribution in [-0.4, -0.2) is 52.5 Å². The van der Waals surface area contributed by atoms with Gasteiger partial charge >= 0.3 is 0 Å². The largest absolute Gasteiger partial charge is 0.501 e. The highest BCUT2D eigenvalue weighted by Crippen LogP contribution is 2.22. The third kappa shape index (κ3) is 3.90. The van der Waals surface area contributed by atoms with E-state index in [-0.39, 0.29) is 11.9 Å². The molecule has 0 saturated carbocycles. The molecule has 2 atom stereocenters. The standard InChI is InChI=1S/C16H23FN4O2/c1-20-14(4-5-19-20)10-21-9-13(17)7-15(21)8-18-16(22)12-3-2-6-23-11-12/h4-5,11,13,15H,2-3,6-10H2,1H3,(H,18,22)/t13-,15-/m0/s1. The summed E-state index contributed by atoms with van der Waals surface area (Å²) >= 11 is 0. The van der Waals surface area contributed by atoms with E-state index in [9.17, 15) is 9.18 Å². The van der Waals surface area contributed by atoms with Gasteiger partial charge in [-0.25, -0.2) is 4.39 Å². The van der Waals surface area contributed by atoms with Crippen molar-refractivity contribution in [3.63, 3.8) is 0 Å². The predicted octanol–water partition coefficient (Wildman–Crippen LogP) is 1.14. The van der Waals surface area contributed by atoms with Crippen molar-refractivity contribution in [3.8, 4) is 0 Å². The van der Waals surface area contributed by atoms with Crippen LogP contribution in [-0.2, 0) is 23.1 Å². The molecule has 6 nitrogen and oxygen atoms in total. The normalized spacial score (nSPS) is 25.0. The lowest BCUT2D eigenvalue weighted by molar-refractivity contribution is -0.118. The molecule has 1 aromatic heterocycles. The summed E-state index contributed by atoms with van der Waals surface area (Å²) in [4.78, 5) is 14.2. The van der Waals surface area contributed by atoms with Crippen molar-refractivity contribution in [2.24, 2.45) is 7.05 Å². The summed E-state index contributed by atoms with van der Waals surface area (Å²) in [6.45, 7) is 2.16. The molecule has 0 spiro atoms. The number of nitrogens with one attached hydrogen (secondary N) is 1. The van der Waals surface area contributed by atoms with Crippen molar-refractivity contribution in [1.29, 1.82) is 0 Å². The molecule has 23 heavy (non-hydrogen) atoms. The molecule has 7 heteroatoms. The zero-order valence-electron chi connectivity index (χ0n) is 13.4. The number of ether oxygens (including phenoxy) is 1. The molecule has 3 heterocycles. The van der Waals surface area contributed by atoms with E-state index >= 15 is 0 Å². The first-order valence-electron chi connectivity index (χ1n) is 8.07. The Morgan fingerprint density at radius 1 is 1.57 bits per heavy atom. The first-order chi connectivity index (χ1) is 11.1. The highest BCUT2D eigenvalue weighted by molar-refractivity contribution is 5.93. The molecule has 2 aliphatic rings. The zero-order valence-corrected chi connectivity index (χ0v) is 13.4. The number of nitrogens with zero attached hydrogens (tertiary/aromatic N) is 3. The molecule has 2 aliphatic heterocycles. The van der Waals surface area contributed by atoms with Crippen LogP contribution in [0.2, 0.25) is 0 Å². The van der Waals surface area contributed by atoms with E-state index in [0.29, 0.717) is 38.2 Å². The Balaban J connectivity index is 1.56. The van der Waals surface area contributed by atoms with Crippen LogP contribution in [0.5, 0.6) is 0 Å². The maximum atomic E-state index is 13.8. The Morgan fingerprint density at radius 3 is 3.13 bits per heavy atom. The topological polar surface area (TPSA) is 59.4 Å². The molecule has 3 rings (SSSR count). The number of rotatable bonds is 5. The van der Waals surface area contributed by atoms with E-state index in [1.54, 1.807) is 17.1 Å². The molecule has 0 bridgehead atoms. The SMILES string of the molecule is Cn1nccc1CN1C[C@@H](F)C[C@H]1CNC(=O)C1=COCCC1. The summed E-state index contributed by atoms with van der Waals surface area (Å²) in [7, 11) is 1.88. The number of carbonyl (C=O) groups excluding carboxylic acids is 1. The van der Waals surface area contributed by atoms with Gasteiger partial charge in [-0.3, -0.25) is 14.4 Å². The number of hydrogen-bond acceptors (Lipinski definition) is 4. The minimum atomic E-state index is -0.845. The molecule has 1 amide bonds. The molecule has 0 radical (unpaired) electrons. The van der Waals surface area contributed by atoms with Crippen molar-refractivity contribution in [2.45, 2.75) is 38.0 Å². The molecular formula is C16H23FN4O2. The maximum Gasteiger partial charge on any atom is 0.250 e. The van der Waals surface area contributed by atoms with E-state index in [4.69, 9.17) is 4.74 Å². The lowest BCUT2D eigenvalue weighted by Gasteiger charge is -2.24. The Hall–Kier alpha value is -1.89. The first-order valence-corrected chi connectivity index (χ1v) is 8.07. The van der Waals surface area contributed by atoms with Crippen molar-refractivity contribution >= 4 is 5.91 Å². The van der Waals surface area contributed by atoms with Crippen LogP contribution in [0.25, 0.3) is 0 Å². The number of carbonyl (C=O) groups is 1. The molecule has 1 fully saturated rings. The average molecular weight is 322 g/mol. The third-order valence-electron chi connectivity index (χ3n) is 4.49. The van der Waals surface area contributed by atoms with Crippen molar-refractivity contribution in [2.75, 3.05) is 19.7 Å². The number of aryl methyl sites for hydroxylation is 1. The summed E-state index contributed by atoms with van der Waals surface area (Å²) in [6, 6.07) is 1.94. The summed E-state index contributed by atoms with van der Waals surface area (Å²) in [6.07, 6.45) is 4.49. The zero-order chi connectivity index (χ0) is 16.2. The molecule has 1 aromatic rings. The van der Waals surface area contributed by atoms with Gasteiger partial charge in [-0.2, -0.15) is 5.10 Å². The van der Waals surface area contributed by atoms with Gasteiger partial charge in [-0.15, -0.1) is 0 Å². The van der Waals surface area contributed by atoms with Crippen LogP contribution >= 0.6 is 0 Å². The summed E-state index contributed by atoms with van der Waals surface area (Å²) in [5.41, 5.74) is 1.71. The molecule has 1 saturated heterocycles. The molecular weight excluding hydrogens is 299 g/mol. The van der Waals surface area contributed by atoms with Gasteiger partial charge in [0.25, 0.3) is 0 Å². The predicted molar refractivity (Wildman–Crippen MR) is 83.2 cm³/mol. The van der Waals surface area contributed by atoms with Crippen LogP contribution in [0, 0.1) is 0 Å². The van der Waals surface area contributed by atoms with Gasteiger partial charge in [0.1, 0.15) is 6.17 Å². The lowest BCUT2D eigenvalue weighted by Crippen LogP contribution is -2.40. The Kier molecular flexibility index (Phi) is 4.95. The van der Waals surface area contributed by atoms with Gasteiger partial charge in [0, 0.05) is 38.9 Å². The number of alkyl halides is 1. The molecule has 0 unspecified atom stereocenters. The van der Waals surface area contributed by atoms with Crippen LogP contribution in [0.1, 0.15) is 25.0 Å². The van der Waals surface area contributed by atoms with Crippen molar-refractivity contribution < 1.29 is 13.9 Å². The Morgan fingerprint density at radius 2 is 2.43 bits per heavy atom. The lowest BCUT2D eigenvalue weighted by atomic mass is 10.1. The van der Waals surface area contributed by atoms with Crippen LogP contribution in [0.3, 0.4) is 0 Å². The van der Waals surface area contributed by atoms with Gasteiger partial charge in [0.15, 0.2) is 0 Å². The van der Waals surface area contributed by atoms with Gasteiger partial charge in [0.2, 0.25) is 5.91 Å². The number of likely N-dealkylation sites (tertiary alicyclic amines) is 1. The summed E-state index contributed by atoms with van der Waals surface area (Å²) < 4.78 is 20.8. The molecule has 0 aromatic carbocycles. The summed E-state index contributed by atoms with van der Waals surface area (Å²) in [5.74, 6) is -0.104. The van der Waals surface area contributed by atoms with Crippen molar-refractivity contribution in [1.82, 2.24) is 20.0 Å². The van der Waals surface area contributed by atoms with E-state index < -0.39 is 6.17 Å². The van der Waals surface area contributed by atoms with Gasteiger partial charge < -0.3 is 10.1 Å². The Labute approximate surface area is 135 Å². The van der Waals surface area contributed by atoms with E-state index in [0.717, 1.165) is 18.5 Å². The number of amides is 1. The highest BCUT2D eigenvalue weighted by atomic mass is 19.1. The van der Waals surface area contributed by atoms with Gasteiger partial charge in [-0.1, -0.05) is 0 Å². The van der Waals surface area contributed by atoms with Gasteiger partial charge in [-0.05, 0) is 25.3 Å². The maximum absolute atomic E-state index is 13.8. The second kappa shape index (κ2) is 7.12. The van der Waals surface area contributed by atoms with E-state index in [1.807, 2.05) is 13.1 Å². The number of hydrogen-bond donors (Lipinski definition) is 1. The first kappa shape index (κ1) is 16.0. The highest BCUT2D eigenvalue weighted by Gasteiger charge is 2.32. The molecule has 0 aliphatic carbocycles. The van der Waals surface area contributed by atoms with Crippen LogP contribution in [0.15, 0.2) is 24.1 Å². The quantitative estimate of drug-likeness (QED) is 0.883. The Bertz CT molecular complexity index is 586. The second-order valence-electron chi connectivity index (χ2n) is 6.19. The van der Waals surface area contributed by atoms with E-state index in [2.05, 4.69) is 15.3 Å². The number of aromatic nitrogens is 2. The molecule has 1 N–H and O–H groups in total. The smallest absolute Gasteiger partial charge is 0.250 e. The fourth-order valence-electron chi connectivity index (χ4n) is 3.15. The van der Waals surface area contributed by atoms with Crippen molar-refractivity contribution in [3.05, 3.63) is 29.8 Å². The minimum Gasteiger partial charge on any atom is -0.501 e. The fourth-order valence-corrected chi connectivity index (χ4v) is 3.15. The number of halogens is 1. The fraction of sp³-hybridized carbons (Fsp3) is 0.625. The minimum absolute atomic E-state index is 0.00830. The van der Waals surface area contributed by atoms with E-state index in [1.165, 1.54) is 0 Å². The molecule has 126 valence electrons. The summed E-state index contributed by atoms with van der Waals surface area (Å²) in [5, 5.41) is 7.06. The third-order valence-corrected chi connectivity index (χ3v) is 4.49. The second-order valence-corrected chi connectivity index (χ2v) is 6.19. The monoisotopic (exact) mass is 322 g/mol. The van der Waals surface area contributed by atoms with Crippen LogP contribution in [0.4, 0.5) is 4.39 Å².